The molecular formula is C24H32IN5O. The highest BCUT2D eigenvalue weighted by Gasteiger charge is 2.16. The molecule has 1 aliphatic heterocycles. The zero-order valence-corrected chi connectivity index (χ0v) is 20.7. The van der Waals surface area contributed by atoms with E-state index in [0.29, 0.717) is 6.54 Å². The summed E-state index contributed by atoms with van der Waals surface area (Å²) in [4.78, 5) is 18.5. The third kappa shape index (κ3) is 7.57. The van der Waals surface area contributed by atoms with Gasteiger partial charge in [0.05, 0.1) is 0 Å². The summed E-state index contributed by atoms with van der Waals surface area (Å²) in [6.07, 6.45) is 3.29. The molecule has 166 valence electrons. The molecule has 7 heteroatoms. The predicted molar refractivity (Wildman–Crippen MR) is 140 cm³/mol. The first-order chi connectivity index (χ1) is 14.5. The normalized spacial score (nSPS) is 13.9. The number of rotatable bonds is 5. The van der Waals surface area contributed by atoms with E-state index in [4.69, 9.17) is 0 Å². The lowest BCUT2D eigenvalue weighted by molar-refractivity contribution is 0.250. The van der Waals surface area contributed by atoms with Crippen LogP contribution in [0.5, 0.6) is 0 Å². The van der Waals surface area contributed by atoms with E-state index in [2.05, 4.69) is 56.2 Å². The maximum Gasteiger partial charge on any atom is 0.319 e. The number of halogens is 1. The minimum Gasteiger partial charge on any atom is -0.352 e. The van der Waals surface area contributed by atoms with E-state index >= 15 is 0 Å². The second-order valence-electron chi connectivity index (χ2n) is 7.64. The molecule has 0 atom stereocenters. The van der Waals surface area contributed by atoms with E-state index < -0.39 is 0 Å². The molecule has 2 aromatic rings. The number of nitrogens with zero attached hydrogens (tertiary/aromatic N) is 2. The molecule has 0 unspecified atom stereocenters. The van der Waals surface area contributed by atoms with Crippen molar-refractivity contribution in [2.45, 2.75) is 32.9 Å². The van der Waals surface area contributed by atoms with Crippen molar-refractivity contribution >= 4 is 47.2 Å². The summed E-state index contributed by atoms with van der Waals surface area (Å²) in [5.41, 5.74) is 4.60. The fraction of sp³-hybridized carbons (Fsp3) is 0.333. The molecule has 0 fully saturated rings. The minimum absolute atomic E-state index is 0. The Labute approximate surface area is 202 Å². The molecule has 0 radical (unpaired) electrons. The molecule has 0 saturated carbocycles. The van der Waals surface area contributed by atoms with Gasteiger partial charge in [-0.15, -0.1) is 24.0 Å². The quantitative estimate of drug-likeness (QED) is 0.297. The van der Waals surface area contributed by atoms with Crippen LogP contribution >= 0.6 is 24.0 Å². The Balaban J connectivity index is 0.00000341. The first-order valence-corrected chi connectivity index (χ1v) is 10.4. The van der Waals surface area contributed by atoms with E-state index in [0.717, 1.165) is 36.7 Å². The number of hydrogen-bond donors (Lipinski definition) is 3. The molecular weight excluding hydrogens is 501 g/mol. The van der Waals surface area contributed by atoms with Gasteiger partial charge in [0.1, 0.15) is 0 Å². The summed E-state index contributed by atoms with van der Waals surface area (Å²) in [5, 5.41) is 9.10. The second kappa shape index (κ2) is 12.3. The maximum absolute atomic E-state index is 11.8. The molecule has 0 bridgehead atoms. The maximum atomic E-state index is 11.8. The monoisotopic (exact) mass is 533 g/mol. The highest BCUT2D eigenvalue weighted by atomic mass is 127. The van der Waals surface area contributed by atoms with E-state index in [-0.39, 0.29) is 36.0 Å². The van der Waals surface area contributed by atoms with Gasteiger partial charge in [0.2, 0.25) is 0 Å². The molecule has 1 heterocycles. The van der Waals surface area contributed by atoms with Crippen molar-refractivity contribution in [2.75, 3.05) is 25.5 Å². The van der Waals surface area contributed by atoms with Gasteiger partial charge >= 0.3 is 6.03 Å². The number of benzene rings is 2. The molecule has 6 nitrogen and oxygen atoms in total. The Kier molecular flexibility index (Phi) is 9.84. The molecule has 0 aliphatic carbocycles. The van der Waals surface area contributed by atoms with Crippen LogP contribution in [0.25, 0.3) is 5.57 Å². The molecule has 3 N–H and O–H groups in total. The molecule has 0 aromatic heterocycles. The fourth-order valence-corrected chi connectivity index (χ4v) is 3.42. The summed E-state index contributed by atoms with van der Waals surface area (Å²) >= 11 is 0. The Bertz CT molecular complexity index is 894. The number of amides is 2. The van der Waals surface area contributed by atoms with Crippen LogP contribution in [-0.2, 0) is 6.54 Å². The third-order valence-electron chi connectivity index (χ3n) is 4.95. The van der Waals surface area contributed by atoms with E-state index in [1.807, 2.05) is 51.2 Å². The lowest BCUT2D eigenvalue weighted by Gasteiger charge is -2.29. The lowest BCUT2D eigenvalue weighted by atomic mass is 10.00. The second-order valence-corrected chi connectivity index (χ2v) is 7.64. The van der Waals surface area contributed by atoms with E-state index in [1.165, 1.54) is 11.1 Å². The number of urea groups is 1. The van der Waals surface area contributed by atoms with Gasteiger partial charge in [0, 0.05) is 38.4 Å². The Morgan fingerprint density at radius 2 is 1.81 bits per heavy atom. The number of guanidine groups is 1. The van der Waals surface area contributed by atoms with E-state index in [1.54, 1.807) is 0 Å². The van der Waals surface area contributed by atoms with Gasteiger partial charge < -0.3 is 20.9 Å². The van der Waals surface area contributed by atoms with Crippen molar-refractivity contribution in [3.8, 4) is 0 Å². The highest BCUT2D eigenvalue weighted by Crippen LogP contribution is 2.22. The molecule has 1 aliphatic rings. The minimum atomic E-state index is -0.190. The molecule has 0 spiro atoms. The number of nitrogens with one attached hydrogen (secondary N) is 3. The van der Waals surface area contributed by atoms with Crippen molar-refractivity contribution in [1.29, 1.82) is 0 Å². The van der Waals surface area contributed by atoms with Gasteiger partial charge in [0.15, 0.2) is 5.96 Å². The van der Waals surface area contributed by atoms with Crippen LogP contribution in [0.1, 0.15) is 31.4 Å². The topological polar surface area (TPSA) is 68.8 Å². The molecule has 3 rings (SSSR count). The van der Waals surface area contributed by atoms with Crippen molar-refractivity contribution in [2.24, 2.45) is 4.99 Å². The van der Waals surface area contributed by atoms with Crippen LogP contribution in [0.2, 0.25) is 0 Å². The summed E-state index contributed by atoms with van der Waals surface area (Å²) in [6, 6.07) is 18.3. The SMILES string of the molecule is CN=C(NCc1ccc(NC(=O)NC(C)C)cc1)N1CC=C(c2ccccc2)CC1.I. The van der Waals surface area contributed by atoms with Crippen LogP contribution in [0.4, 0.5) is 10.5 Å². The van der Waals surface area contributed by atoms with Crippen molar-refractivity contribution in [3.05, 3.63) is 71.8 Å². The van der Waals surface area contributed by atoms with Gasteiger partial charge in [-0.3, -0.25) is 4.99 Å². The standard InChI is InChI=1S/C24H31N5O.HI/c1-18(2)27-24(30)28-22-11-9-19(10-12-22)17-26-23(25-3)29-15-13-21(14-16-29)20-7-5-4-6-8-20;/h4-13,18H,14-17H2,1-3H3,(H,25,26)(H2,27,28,30);1H. The molecule has 31 heavy (non-hydrogen) atoms. The van der Waals surface area contributed by atoms with Crippen LogP contribution in [0.15, 0.2) is 65.7 Å². The molecule has 0 saturated heterocycles. The number of aliphatic imine (C=N–C) groups is 1. The average molecular weight is 533 g/mol. The zero-order chi connectivity index (χ0) is 21.3. The fourth-order valence-electron chi connectivity index (χ4n) is 3.42. The van der Waals surface area contributed by atoms with Crippen molar-refractivity contribution in [3.63, 3.8) is 0 Å². The van der Waals surface area contributed by atoms with Crippen LogP contribution < -0.4 is 16.0 Å². The van der Waals surface area contributed by atoms with Gasteiger partial charge in [-0.2, -0.15) is 0 Å². The first kappa shape index (κ1) is 24.7. The van der Waals surface area contributed by atoms with Gasteiger partial charge in [0.25, 0.3) is 0 Å². The Morgan fingerprint density at radius 1 is 1.10 bits per heavy atom. The van der Waals surface area contributed by atoms with Crippen molar-refractivity contribution < 1.29 is 4.79 Å². The molecule has 2 amide bonds. The van der Waals surface area contributed by atoms with Gasteiger partial charge in [-0.05, 0) is 49.1 Å². The summed E-state index contributed by atoms with van der Waals surface area (Å²) < 4.78 is 0. The average Bonchev–Trinajstić information content (AvgIpc) is 2.76. The third-order valence-corrected chi connectivity index (χ3v) is 4.95. The lowest BCUT2D eigenvalue weighted by Crippen LogP contribution is -2.43. The predicted octanol–water partition coefficient (Wildman–Crippen LogP) is 4.70. The summed E-state index contributed by atoms with van der Waals surface area (Å²) in [7, 11) is 1.82. The number of hydrogen-bond acceptors (Lipinski definition) is 2. The first-order valence-electron chi connectivity index (χ1n) is 10.4. The van der Waals surface area contributed by atoms with Gasteiger partial charge in [-0.25, -0.2) is 4.79 Å². The largest absolute Gasteiger partial charge is 0.352 e. The Morgan fingerprint density at radius 3 is 2.39 bits per heavy atom. The number of anilines is 1. The Hall–Kier alpha value is -2.55. The van der Waals surface area contributed by atoms with E-state index in [9.17, 15) is 4.79 Å². The summed E-state index contributed by atoms with van der Waals surface area (Å²) in [5.74, 6) is 0.900. The highest BCUT2D eigenvalue weighted by molar-refractivity contribution is 14.0. The van der Waals surface area contributed by atoms with Crippen LogP contribution in [0.3, 0.4) is 0 Å². The molecule has 2 aromatic carbocycles. The van der Waals surface area contributed by atoms with Crippen LogP contribution in [0, 0.1) is 0 Å². The smallest absolute Gasteiger partial charge is 0.319 e. The summed E-state index contributed by atoms with van der Waals surface area (Å²) in [6.45, 7) is 6.33. The van der Waals surface area contributed by atoms with Gasteiger partial charge in [-0.1, -0.05) is 48.5 Å². The van der Waals surface area contributed by atoms with Crippen LogP contribution in [-0.4, -0.2) is 43.1 Å². The number of carbonyl (C=O) groups excluding carboxylic acids is 1. The zero-order valence-electron chi connectivity index (χ0n) is 18.4. The number of carbonyl (C=O) groups is 1. The van der Waals surface area contributed by atoms with Crippen molar-refractivity contribution in [1.82, 2.24) is 15.5 Å².